The summed E-state index contributed by atoms with van der Waals surface area (Å²) in [7, 11) is 1.90. The van der Waals surface area contributed by atoms with Crippen LogP contribution in [0.1, 0.15) is 62.2 Å². The highest BCUT2D eigenvalue weighted by atomic mass is 16.3. The van der Waals surface area contributed by atoms with Crippen molar-refractivity contribution in [3.8, 4) is 11.3 Å². The molecule has 0 radical (unpaired) electrons. The van der Waals surface area contributed by atoms with Crippen LogP contribution in [-0.2, 0) is 6.42 Å². The topological polar surface area (TPSA) is 78.2 Å². The van der Waals surface area contributed by atoms with Crippen LogP contribution < -0.4 is 4.90 Å². The zero-order chi connectivity index (χ0) is 21.9. The van der Waals surface area contributed by atoms with Crippen molar-refractivity contribution < 1.29 is 9.52 Å². The fourth-order valence-corrected chi connectivity index (χ4v) is 4.39. The number of imidazole rings is 1. The van der Waals surface area contributed by atoms with Crippen LogP contribution in [0.5, 0.6) is 0 Å². The summed E-state index contributed by atoms with van der Waals surface area (Å²) in [6.07, 6.45) is 17.7. The van der Waals surface area contributed by atoms with Gasteiger partial charge in [0.1, 0.15) is 18.3 Å². The van der Waals surface area contributed by atoms with Gasteiger partial charge < -0.3 is 19.4 Å². The molecule has 1 atom stereocenters. The first-order chi connectivity index (χ1) is 15.7. The number of anilines is 1. The van der Waals surface area contributed by atoms with Gasteiger partial charge in [0.2, 0.25) is 5.89 Å². The summed E-state index contributed by atoms with van der Waals surface area (Å²) in [6, 6.07) is 6.28. The molecule has 1 unspecified atom stereocenters. The van der Waals surface area contributed by atoms with Gasteiger partial charge in [0, 0.05) is 30.3 Å². The second kappa shape index (κ2) is 9.17. The highest BCUT2D eigenvalue weighted by Crippen LogP contribution is 2.38. The third-order valence-corrected chi connectivity index (χ3v) is 6.40. The Morgan fingerprint density at radius 1 is 1.19 bits per heavy atom. The molecule has 0 amide bonds. The number of nitrogens with one attached hydrogen (secondary N) is 1. The molecule has 166 valence electrons. The molecule has 32 heavy (non-hydrogen) atoms. The molecule has 2 aromatic heterocycles. The number of hydrogen-bond acceptors (Lipinski definition) is 5. The summed E-state index contributed by atoms with van der Waals surface area (Å²) in [5.41, 5.74) is 7.16. The number of aliphatic hydroxyl groups is 1. The summed E-state index contributed by atoms with van der Waals surface area (Å²) in [5, 5.41) is 9.96. The molecule has 1 saturated carbocycles. The second-order valence-corrected chi connectivity index (χ2v) is 8.73. The van der Waals surface area contributed by atoms with Crippen LogP contribution in [-0.4, -0.2) is 33.3 Å². The average molecular weight is 431 g/mol. The number of rotatable bonds is 9. The Bertz CT molecular complexity index is 1120. The van der Waals surface area contributed by atoms with Crippen molar-refractivity contribution >= 4 is 17.3 Å². The number of nitrogens with zero attached hydrogens (tertiary/aromatic N) is 3. The van der Waals surface area contributed by atoms with Crippen LogP contribution in [0.25, 0.3) is 22.9 Å². The molecule has 3 aromatic rings. The highest BCUT2D eigenvalue weighted by molar-refractivity contribution is 5.76. The lowest BCUT2D eigenvalue weighted by molar-refractivity contribution is 0.223. The van der Waals surface area contributed by atoms with Gasteiger partial charge >= 0.3 is 0 Å². The predicted molar refractivity (Wildman–Crippen MR) is 127 cm³/mol. The maximum Gasteiger partial charge on any atom is 0.221 e. The summed E-state index contributed by atoms with van der Waals surface area (Å²) in [4.78, 5) is 14.3. The number of aromatic amines is 1. The number of fused-ring (bicyclic) bond motifs is 1. The standard InChI is InChI=1S/C26H30N4O2/c1-30-23-12-10-19(16-20(23)11-13-25(30)31)22-17-28-24(29-22)7-5-3-2-4-6-21(18-8-9-18)26-27-14-15-32-26/h10-17,25,31H,2-9H2,1H3,(H,28,29). The van der Waals surface area contributed by atoms with E-state index in [-0.39, 0.29) is 0 Å². The number of hydrogen-bond donors (Lipinski definition) is 2. The third kappa shape index (κ3) is 4.55. The Kier molecular flexibility index (Phi) is 5.95. The lowest BCUT2D eigenvalue weighted by Crippen LogP contribution is -2.31. The van der Waals surface area contributed by atoms with E-state index in [9.17, 15) is 5.11 Å². The summed E-state index contributed by atoms with van der Waals surface area (Å²) < 4.78 is 5.51. The minimum atomic E-state index is -0.564. The number of benzene rings is 1. The Morgan fingerprint density at radius 2 is 2.06 bits per heavy atom. The van der Waals surface area contributed by atoms with Crippen molar-refractivity contribution in [2.75, 3.05) is 11.9 Å². The van der Waals surface area contributed by atoms with Crippen molar-refractivity contribution in [1.29, 1.82) is 0 Å². The molecule has 2 N–H and O–H groups in total. The van der Waals surface area contributed by atoms with E-state index in [1.807, 2.05) is 24.2 Å². The van der Waals surface area contributed by atoms with E-state index in [2.05, 4.69) is 33.2 Å². The van der Waals surface area contributed by atoms with Crippen molar-refractivity contribution in [2.45, 2.75) is 57.6 Å². The first-order valence-electron chi connectivity index (χ1n) is 11.6. The normalized spacial score (nSPS) is 17.0. The van der Waals surface area contributed by atoms with Gasteiger partial charge in [-0.15, -0.1) is 0 Å². The lowest BCUT2D eigenvalue weighted by atomic mass is 10.0. The predicted octanol–water partition coefficient (Wildman–Crippen LogP) is 5.59. The first kappa shape index (κ1) is 20.8. The van der Waals surface area contributed by atoms with Gasteiger partial charge in [0.25, 0.3) is 0 Å². The minimum absolute atomic E-state index is 0.564. The quantitative estimate of drug-likeness (QED) is 0.433. The van der Waals surface area contributed by atoms with E-state index in [0.717, 1.165) is 53.5 Å². The molecule has 5 rings (SSSR count). The second-order valence-electron chi connectivity index (χ2n) is 8.73. The largest absolute Gasteiger partial charge is 0.445 e. The molecule has 3 heterocycles. The van der Waals surface area contributed by atoms with Gasteiger partial charge in [-0.2, -0.15) is 0 Å². The van der Waals surface area contributed by atoms with Crippen LogP contribution in [0.3, 0.4) is 0 Å². The molecule has 1 fully saturated rings. The lowest BCUT2D eigenvalue weighted by Gasteiger charge is -2.28. The number of H-pyrrole nitrogens is 1. The van der Waals surface area contributed by atoms with E-state index >= 15 is 0 Å². The van der Waals surface area contributed by atoms with E-state index in [1.54, 1.807) is 18.5 Å². The van der Waals surface area contributed by atoms with Crippen LogP contribution >= 0.6 is 0 Å². The SMILES string of the molecule is CN1c2ccc(-c3cnc(CCCCCCC(=C4CC4)c4ncco4)[nH]3)cc2C=CC1O. The van der Waals surface area contributed by atoms with Gasteiger partial charge in [-0.1, -0.05) is 30.6 Å². The van der Waals surface area contributed by atoms with Crippen LogP contribution in [0.4, 0.5) is 5.69 Å². The molecule has 6 heteroatoms. The molecule has 2 aliphatic rings. The first-order valence-corrected chi connectivity index (χ1v) is 11.6. The zero-order valence-corrected chi connectivity index (χ0v) is 18.6. The van der Waals surface area contributed by atoms with Crippen LogP contribution in [0, 0.1) is 0 Å². The Hall–Kier alpha value is -3.12. The number of unbranched alkanes of at least 4 members (excludes halogenated alkanes) is 3. The van der Waals surface area contributed by atoms with Gasteiger partial charge in [-0.3, -0.25) is 0 Å². The maximum absolute atomic E-state index is 9.96. The van der Waals surface area contributed by atoms with E-state index < -0.39 is 6.23 Å². The van der Waals surface area contributed by atoms with Gasteiger partial charge in [0.05, 0.1) is 18.1 Å². The van der Waals surface area contributed by atoms with Crippen molar-refractivity contribution in [2.24, 2.45) is 0 Å². The Labute approximate surface area is 188 Å². The number of aromatic nitrogens is 3. The van der Waals surface area contributed by atoms with Gasteiger partial charge in [-0.05, 0) is 55.9 Å². The molecule has 1 aromatic carbocycles. The van der Waals surface area contributed by atoms with Crippen molar-refractivity contribution in [3.05, 3.63) is 65.8 Å². The fourth-order valence-electron chi connectivity index (χ4n) is 4.39. The molecule has 1 aliphatic carbocycles. The third-order valence-electron chi connectivity index (χ3n) is 6.40. The fraction of sp³-hybridized carbons (Fsp3) is 0.385. The number of likely N-dealkylation sites (N-methyl/N-ethyl adjacent to an activating group) is 1. The molecule has 0 spiro atoms. The molecular weight excluding hydrogens is 400 g/mol. The smallest absolute Gasteiger partial charge is 0.221 e. The van der Waals surface area contributed by atoms with Crippen molar-refractivity contribution in [3.63, 3.8) is 0 Å². The molecule has 0 bridgehead atoms. The summed E-state index contributed by atoms with van der Waals surface area (Å²) in [5.74, 6) is 1.86. The van der Waals surface area contributed by atoms with Gasteiger partial charge in [-0.25, -0.2) is 9.97 Å². The van der Waals surface area contributed by atoms with E-state index in [1.165, 1.54) is 43.3 Å². The van der Waals surface area contributed by atoms with E-state index in [4.69, 9.17) is 4.42 Å². The minimum Gasteiger partial charge on any atom is -0.445 e. The molecule has 1 aliphatic heterocycles. The Morgan fingerprint density at radius 3 is 2.88 bits per heavy atom. The number of allylic oxidation sites excluding steroid dienone is 2. The van der Waals surface area contributed by atoms with Crippen LogP contribution in [0.2, 0.25) is 0 Å². The van der Waals surface area contributed by atoms with Crippen molar-refractivity contribution in [1.82, 2.24) is 15.0 Å². The summed E-state index contributed by atoms with van der Waals surface area (Å²) >= 11 is 0. The molecular formula is C26H30N4O2. The molecule has 6 nitrogen and oxygen atoms in total. The highest BCUT2D eigenvalue weighted by Gasteiger charge is 2.21. The summed E-state index contributed by atoms with van der Waals surface area (Å²) in [6.45, 7) is 0. The number of aryl methyl sites for hydroxylation is 1. The number of aliphatic hydroxyl groups excluding tert-OH is 1. The Balaban J connectivity index is 1.10. The zero-order valence-electron chi connectivity index (χ0n) is 18.6. The number of oxazole rings is 1. The monoisotopic (exact) mass is 430 g/mol. The molecule has 0 saturated heterocycles. The van der Waals surface area contributed by atoms with Crippen LogP contribution in [0.15, 0.2) is 52.9 Å². The van der Waals surface area contributed by atoms with Gasteiger partial charge in [0.15, 0.2) is 0 Å². The van der Waals surface area contributed by atoms with E-state index in [0.29, 0.717) is 0 Å². The average Bonchev–Trinajstić information content (AvgIpc) is 3.29. The maximum atomic E-state index is 9.96.